The van der Waals surface area contributed by atoms with Gasteiger partial charge in [0.25, 0.3) is 0 Å². The van der Waals surface area contributed by atoms with Crippen LogP contribution in [0.3, 0.4) is 0 Å². The van der Waals surface area contributed by atoms with E-state index in [1.54, 1.807) is 6.07 Å². The van der Waals surface area contributed by atoms with Crippen LogP contribution in [0.25, 0.3) is 0 Å². The van der Waals surface area contributed by atoms with E-state index in [-0.39, 0.29) is 6.61 Å². The summed E-state index contributed by atoms with van der Waals surface area (Å²) in [7, 11) is 0. The van der Waals surface area contributed by atoms with Crippen LogP contribution < -0.4 is 11.1 Å². The molecule has 5 nitrogen and oxygen atoms in total. The second-order valence-electron chi connectivity index (χ2n) is 4.34. The van der Waals surface area contributed by atoms with Crippen molar-refractivity contribution in [3.8, 4) is 0 Å². The largest absolute Gasteiger partial charge is 0.396 e. The van der Waals surface area contributed by atoms with Crippen molar-refractivity contribution in [3.05, 3.63) is 12.4 Å². The summed E-state index contributed by atoms with van der Waals surface area (Å²) in [6, 6.07) is 1.73. The van der Waals surface area contributed by atoms with Crippen molar-refractivity contribution in [1.29, 1.82) is 0 Å². The summed E-state index contributed by atoms with van der Waals surface area (Å²) < 4.78 is 0. The van der Waals surface area contributed by atoms with Crippen LogP contribution in [0.15, 0.2) is 12.4 Å². The highest BCUT2D eigenvalue weighted by atomic mass is 16.3. The van der Waals surface area contributed by atoms with Crippen LogP contribution in [0.4, 0.5) is 11.6 Å². The zero-order chi connectivity index (χ0) is 11.4. The number of nitrogens with one attached hydrogen (secondary N) is 1. The van der Waals surface area contributed by atoms with Crippen LogP contribution in [0, 0.1) is 11.8 Å². The van der Waals surface area contributed by atoms with Crippen LogP contribution in [-0.4, -0.2) is 28.2 Å². The number of hydrogen-bond donors (Lipinski definition) is 3. The van der Waals surface area contributed by atoms with Crippen molar-refractivity contribution in [2.75, 3.05) is 24.2 Å². The maximum Gasteiger partial charge on any atom is 0.131 e. The van der Waals surface area contributed by atoms with Gasteiger partial charge >= 0.3 is 0 Å². The second kappa shape index (κ2) is 5.12. The third-order valence-corrected chi connectivity index (χ3v) is 3.28. The molecule has 1 aliphatic rings. The smallest absolute Gasteiger partial charge is 0.131 e. The van der Waals surface area contributed by atoms with Gasteiger partial charge in [-0.2, -0.15) is 0 Å². The minimum absolute atomic E-state index is 0.290. The summed E-state index contributed by atoms with van der Waals surface area (Å²) in [4.78, 5) is 7.92. The molecule has 1 aliphatic carbocycles. The van der Waals surface area contributed by atoms with E-state index in [0.29, 0.717) is 17.7 Å². The van der Waals surface area contributed by atoms with Crippen molar-refractivity contribution < 1.29 is 5.11 Å². The van der Waals surface area contributed by atoms with Gasteiger partial charge in [-0.15, -0.1) is 0 Å². The van der Waals surface area contributed by atoms with Gasteiger partial charge in [0.15, 0.2) is 0 Å². The van der Waals surface area contributed by atoms with Gasteiger partial charge in [-0.05, 0) is 24.7 Å². The molecule has 0 saturated heterocycles. The van der Waals surface area contributed by atoms with Gasteiger partial charge in [-0.3, -0.25) is 0 Å². The van der Waals surface area contributed by atoms with Crippen molar-refractivity contribution in [3.63, 3.8) is 0 Å². The molecule has 1 aromatic rings. The molecule has 2 atom stereocenters. The van der Waals surface area contributed by atoms with Gasteiger partial charge in [-0.1, -0.05) is 6.42 Å². The average Bonchev–Trinajstić information content (AvgIpc) is 2.74. The number of hydrogen-bond acceptors (Lipinski definition) is 5. The van der Waals surface area contributed by atoms with Gasteiger partial charge in [0.1, 0.15) is 18.0 Å². The van der Waals surface area contributed by atoms with Crippen LogP contribution in [-0.2, 0) is 0 Å². The third kappa shape index (κ3) is 2.61. The zero-order valence-electron chi connectivity index (χ0n) is 9.26. The standard InChI is InChI=1S/C11H18N4O/c12-10-4-11(15-7-14-10)13-5-8-2-1-3-9(8)6-16/h4,7-9,16H,1-3,5-6H2,(H3,12,13,14,15). The lowest BCUT2D eigenvalue weighted by Gasteiger charge is -2.17. The second-order valence-corrected chi connectivity index (χ2v) is 4.34. The van der Waals surface area contributed by atoms with E-state index in [1.165, 1.54) is 19.2 Å². The lowest BCUT2D eigenvalue weighted by atomic mass is 9.97. The Morgan fingerprint density at radius 1 is 1.38 bits per heavy atom. The number of aromatic nitrogens is 2. The number of nitrogens with two attached hydrogens (primary N) is 1. The molecule has 0 spiro atoms. The van der Waals surface area contributed by atoms with Crippen LogP contribution in [0.5, 0.6) is 0 Å². The Labute approximate surface area is 95.1 Å². The minimum atomic E-state index is 0.290. The molecular weight excluding hydrogens is 204 g/mol. The molecule has 5 heteroatoms. The predicted octanol–water partition coefficient (Wildman–Crippen LogP) is 0.879. The van der Waals surface area contributed by atoms with Gasteiger partial charge in [0.05, 0.1) is 0 Å². The molecule has 1 heterocycles. The molecule has 1 aromatic heterocycles. The number of nitrogens with zero attached hydrogens (tertiary/aromatic N) is 2. The van der Waals surface area contributed by atoms with E-state index in [0.717, 1.165) is 18.8 Å². The number of nitrogen functional groups attached to an aromatic ring is 1. The number of aliphatic hydroxyl groups is 1. The molecule has 2 rings (SSSR count). The first-order chi connectivity index (χ1) is 7.79. The Morgan fingerprint density at radius 3 is 2.94 bits per heavy atom. The first-order valence-electron chi connectivity index (χ1n) is 5.72. The van der Waals surface area contributed by atoms with E-state index in [4.69, 9.17) is 5.73 Å². The van der Waals surface area contributed by atoms with Gasteiger partial charge in [0.2, 0.25) is 0 Å². The summed E-state index contributed by atoms with van der Waals surface area (Å²) in [6.45, 7) is 1.14. The van der Waals surface area contributed by atoms with Crippen molar-refractivity contribution in [2.24, 2.45) is 11.8 Å². The maximum atomic E-state index is 9.20. The van der Waals surface area contributed by atoms with Gasteiger partial charge in [0, 0.05) is 19.2 Å². The minimum Gasteiger partial charge on any atom is -0.396 e. The monoisotopic (exact) mass is 222 g/mol. The summed E-state index contributed by atoms with van der Waals surface area (Å²) in [5.41, 5.74) is 5.56. The Morgan fingerprint density at radius 2 is 2.19 bits per heavy atom. The average molecular weight is 222 g/mol. The topological polar surface area (TPSA) is 84.1 Å². The summed E-state index contributed by atoms with van der Waals surface area (Å²) >= 11 is 0. The fourth-order valence-electron chi connectivity index (χ4n) is 2.33. The lowest BCUT2D eigenvalue weighted by molar-refractivity contribution is 0.199. The number of rotatable bonds is 4. The summed E-state index contributed by atoms with van der Waals surface area (Å²) in [5, 5.41) is 12.5. The Bertz CT molecular complexity index is 345. The molecule has 2 unspecified atom stereocenters. The number of anilines is 2. The maximum absolute atomic E-state index is 9.20. The molecule has 88 valence electrons. The van der Waals surface area contributed by atoms with Gasteiger partial charge < -0.3 is 16.2 Å². The lowest BCUT2D eigenvalue weighted by Crippen LogP contribution is -2.21. The van der Waals surface area contributed by atoms with Gasteiger partial charge in [-0.25, -0.2) is 9.97 Å². The molecule has 0 bridgehead atoms. The molecule has 1 saturated carbocycles. The van der Waals surface area contributed by atoms with Crippen molar-refractivity contribution >= 4 is 11.6 Å². The highest BCUT2D eigenvalue weighted by molar-refractivity contribution is 5.43. The first-order valence-corrected chi connectivity index (χ1v) is 5.72. The third-order valence-electron chi connectivity index (χ3n) is 3.28. The van der Waals surface area contributed by atoms with Crippen LogP contribution in [0.1, 0.15) is 19.3 Å². The van der Waals surface area contributed by atoms with Crippen LogP contribution >= 0.6 is 0 Å². The fraction of sp³-hybridized carbons (Fsp3) is 0.636. The quantitative estimate of drug-likeness (QED) is 0.704. The molecule has 0 amide bonds. The highest BCUT2D eigenvalue weighted by Gasteiger charge is 2.26. The summed E-state index contributed by atoms with van der Waals surface area (Å²) in [5.74, 6) is 2.21. The fourth-order valence-corrected chi connectivity index (χ4v) is 2.33. The van der Waals surface area contributed by atoms with E-state index in [1.807, 2.05) is 0 Å². The van der Waals surface area contributed by atoms with E-state index < -0.39 is 0 Å². The Kier molecular flexibility index (Phi) is 3.56. The summed E-state index contributed by atoms with van der Waals surface area (Å²) in [6.07, 6.45) is 4.98. The Hall–Kier alpha value is -1.36. The van der Waals surface area contributed by atoms with Crippen molar-refractivity contribution in [2.45, 2.75) is 19.3 Å². The first kappa shape index (κ1) is 11.1. The molecule has 0 aliphatic heterocycles. The molecule has 0 radical (unpaired) electrons. The molecule has 16 heavy (non-hydrogen) atoms. The molecule has 0 aromatic carbocycles. The van der Waals surface area contributed by atoms with E-state index >= 15 is 0 Å². The highest BCUT2D eigenvalue weighted by Crippen LogP contribution is 2.31. The number of aliphatic hydroxyl groups excluding tert-OH is 1. The Balaban J connectivity index is 1.87. The van der Waals surface area contributed by atoms with E-state index in [9.17, 15) is 5.11 Å². The SMILES string of the molecule is Nc1cc(NCC2CCCC2CO)ncn1. The predicted molar refractivity (Wildman–Crippen MR) is 62.9 cm³/mol. The molecular formula is C11H18N4O. The van der Waals surface area contributed by atoms with E-state index in [2.05, 4.69) is 15.3 Å². The van der Waals surface area contributed by atoms with Crippen molar-refractivity contribution in [1.82, 2.24) is 9.97 Å². The van der Waals surface area contributed by atoms with Crippen LogP contribution in [0.2, 0.25) is 0 Å². The molecule has 4 N–H and O–H groups in total. The normalized spacial score (nSPS) is 24.6. The zero-order valence-corrected chi connectivity index (χ0v) is 9.26. The molecule has 1 fully saturated rings.